The van der Waals surface area contributed by atoms with E-state index in [1.165, 1.54) is 12.5 Å². The first-order valence-corrected chi connectivity index (χ1v) is 10.2. The van der Waals surface area contributed by atoms with E-state index in [0.717, 1.165) is 4.47 Å². The number of benzene rings is 2. The lowest BCUT2D eigenvalue weighted by molar-refractivity contribution is -0.136. The van der Waals surface area contributed by atoms with Crippen molar-refractivity contribution >= 4 is 45.6 Å². The van der Waals surface area contributed by atoms with Crippen LogP contribution >= 0.6 is 15.9 Å². The Morgan fingerprint density at radius 1 is 1.00 bits per heavy atom. The largest absolute Gasteiger partial charge is 0.484 e. The van der Waals surface area contributed by atoms with Crippen LogP contribution in [0.1, 0.15) is 11.3 Å². The fourth-order valence-electron chi connectivity index (χ4n) is 2.39. The fraction of sp³-hybridized carbons (Fsp3) is 0.0909. The summed E-state index contributed by atoms with van der Waals surface area (Å²) in [7, 11) is 0. The van der Waals surface area contributed by atoms with Gasteiger partial charge in [0.15, 0.2) is 6.61 Å². The number of furan rings is 1. The molecule has 0 saturated carbocycles. The van der Waals surface area contributed by atoms with Gasteiger partial charge in [0.05, 0.1) is 19.0 Å². The normalized spacial score (nSPS) is 10.5. The third kappa shape index (κ3) is 7.40. The molecule has 1 heterocycles. The molecule has 0 bridgehead atoms. The Bertz CT molecular complexity index is 1080. The van der Waals surface area contributed by atoms with Crippen LogP contribution in [0.2, 0.25) is 0 Å². The monoisotopic (exact) mass is 498 g/mol. The summed E-state index contributed by atoms with van der Waals surface area (Å²) in [6, 6.07) is 17.0. The number of carbonyl (C=O) groups is 3. The Hall–Kier alpha value is -3.92. The van der Waals surface area contributed by atoms with Crippen molar-refractivity contribution in [3.05, 3.63) is 82.7 Å². The van der Waals surface area contributed by atoms with Gasteiger partial charge in [-0.1, -0.05) is 15.9 Å². The maximum Gasteiger partial charge on any atom is 0.329 e. The van der Waals surface area contributed by atoms with Gasteiger partial charge in [0, 0.05) is 10.2 Å². The van der Waals surface area contributed by atoms with E-state index in [2.05, 4.69) is 37.1 Å². The summed E-state index contributed by atoms with van der Waals surface area (Å²) in [4.78, 5) is 35.5. The molecule has 0 spiro atoms. The molecule has 0 unspecified atom stereocenters. The van der Waals surface area contributed by atoms with E-state index in [1.54, 1.807) is 60.7 Å². The van der Waals surface area contributed by atoms with Gasteiger partial charge < -0.3 is 19.8 Å². The molecule has 0 atom stereocenters. The number of hydrogen-bond donors (Lipinski definition) is 3. The molecule has 0 aliphatic rings. The summed E-state index contributed by atoms with van der Waals surface area (Å²) in [5.74, 6) is -0.868. The van der Waals surface area contributed by atoms with Crippen LogP contribution in [0.3, 0.4) is 0 Å². The molecular weight excluding hydrogens is 480 g/mol. The quantitative estimate of drug-likeness (QED) is 0.250. The average Bonchev–Trinajstić information content (AvgIpc) is 3.32. The molecule has 0 aliphatic carbocycles. The first-order valence-electron chi connectivity index (χ1n) is 9.41. The van der Waals surface area contributed by atoms with Gasteiger partial charge in [0.1, 0.15) is 11.5 Å². The summed E-state index contributed by atoms with van der Waals surface area (Å²) in [6.45, 7) is 0.148. The van der Waals surface area contributed by atoms with Crippen LogP contribution < -0.4 is 20.8 Å². The van der Waals surface area contributed by atoms with Gasteiger partial charge in [0.2, 0.25) is 0 Å². The Morgan fingerprint density at radius 3 is 2.44 bits per heavy atom. The molecular formula is C22H19BrN4O5. The lowest BCUT2D eigenvalue weighted by Crippen LogP contribution is -2.32. The van der Waals surface area contributed by atoms with Crippen LogP contribution in [0, 0.1) is 0 Å². The molecule has 9 nitrogen and oxygen atoms in total. The van der Waals surface area contributed by atoms with Crippen molar-refractivity contribution in [3.63, 3.8) is 0 Å². The Labute approximate surface area is 192 Å². The minimum atomic E-state index is -0.898. The summed E-state index contributed by atoms with van der Waals surface area (Å²) < 4.78 is 11.4. The number of rotatable bonds is 8. The SMILES string of the molecule is O=C(COc1ccc(/C=N\NC(=O)C(=O)Nc2ccc(Br)cc2)cc1)NCc1ccco1. The summed E-state index contributed by atoms with van der Waals surface area (Å²) in [5.41, 5.74) is 3.31. The molecule has 3 aromatic rings. The molecule has 3 amide bonds. The highest BCUT2D eigenvalue weighted by Crippen LogP contribution is 2.14. The zero-order valence-electron chi connectivity index (χ0n) is 16.7. The highest BCUT2D eigenvalue weighted by atomic mass is 79.9. The third-order valence-corrected chi connectivity index (χ3v) is 4.51. The summed E-state index contributed by atoms with van der Waals surface area (Å²) >= 11 is 3.29. The Kier molecular flexibility index (Phi) is 8.15. The van der Waals surface area contributed by atoms with Crippen LogP contribution in [0.4, 0.5) is 5.69 Å². The van der Waals surface area contributed by atoms with Crippen molar-refractivity contribution in [3.8, 4) is 5.75 Å². The van der Waals surface area contributed by atoms with Crippen molar-refractivity contribution in [1.29, 1.82) is 0 Å². The number of amides is 3. The lowest BCUT2D eigenvalue weighted by atomic mass is 10.2. The third-order valence-electron chi connectivity index (χ3n) is 3.98. The highest BCUT2D eigenvalue weighted by Gasteiger charge is 2.12. The van der Waals surface area contributed by atoms with Gasteiger partial charge in [-0.3, -0.25) is 14.4 Å². The Balaban J connectivity index is 1.39. The van der Waals surface area contributed by atoms with Gasteiger partial charge in [-0.25, -0.2) is 5.43 Å². The maximum atomic E-state index is 11.9. The van der Waals surface area contributed by atoms with Gasteiger partial charge in [-0.15, -0.1) is 0 Å². The minimum absolute atomic E-state index is 0.141. The smallest absolute Gasteiger partial charge is 0.329 e. The van der Waals surface area contributed by atoms with Crippen molar-refractivity contribution in [2.24, 2.45) is 5.10 Å². The van der Waals surface area contributed by atoms with Crippen molar-refractivity contribution in [1.82, 2.24) is 10.7 Å². The van der Waals surface area contributed by atoms with Crippen LogP contribution in [0.15, 0.2) is 80.9 Å². The fourth-order valence-corrected chi connectivity index (χ4v) is 2.65. The van der Waals surface area contributed by atoms with E-state index in [-0.39, 0.29) is 19.1 Å². The number of carbonyl (C=O) groups excluding carboxylic acids is 3. The molecule has 0 aliphatic heterocycles. The topological polar surface area (TPSA) is 122 Å². The van der Waals surface area contributed by atoms with Crippen LogP contribution in [0.5, 0.6) is 5.75 Å². The number of hydrogen-bond acceptors (Lipinski definition) is 6. The average molecular weight is 499 g/mol. The molecule has 0 saturated heterocycles. The lowest BCUT2D eigenvalue weighted by Gasteiger charge is -2.07. The van der Waals surface area contributed by atoms with E-state index in [0.29, 0.717) is 22.8 Å². The van der Waals surface area contributed by atoms with Crippen molar-refractivity contribution < 1.29 is 23.5 Å². The van der Waals surface area contributed by atoms with E-state index in [9.17, 15) is 14.4 Å². The van der Waals surface area contributed by atoms with Crippen LogP contribution in [0.25, 0.3) is 0 Å². The number of ether oxygens (including phenoxy) is 1. The predicted molar refractivity (Wildman–Crippen MR) is 121 cm³/mol. The van der Waals surface area contributed by atoms with Crippen LogP contribution in [-0.4, -0.2) is 30.5 Å². The van der Waals surface area contributed by atoms with Crippen molar-refractivity contribution in [2.75, 3.05) is 11.9 Å². The van der Waals surface area contributed by atoms with E-state index in [4.69, 9.17) is 9.15 Å². The van der Waals surface area contributed by atoms with E-state index >= 15 is 0 Å². The second-order valence-corrected chi connectivity index (χ2v) is 7.29. The minimum Gasteiger partial charge on any atom is -0.484 e. The summed E-state index contributed by atoms with van der Waals surface area (Å²) in [5, 5.41) is 8.91. The molecule has 2 aromatic carbocycles. The number of nitrogens with one attached hydrogen (secondary N) is 3. The van der Waals surface area contributed by atoms with E-state index < -0.39 is 11.8 Å². The van der Waals surface area contributed by atoms with Gasteiger partial charge in [-0.05, 0) is 66.2 Å². The zero-order valence-corrected chi connectivity index (χ0v) is 18.3. The zero-order chi connectivity index (χ0) is 22.8. The predicted octanol–water partition coefficient (Wildman–Crippen LogP) is 2.83. The molecule has 3 N–H and O–H groups in total. The number of hydrazone groups is 1. The van der Waals surface area contributed by atoms with Crippen molar-refractivity contribution in [2.45, 2.75) is 6.54 Å². The number of anilines is 1. The van der Waals surface area contributed by atoms with Crippen LogP contribution in [-0.2, 0) is 20.9 Å². The van der Waals surface area contributed by atoms with E-state index in [1.807, 2.05) is 0 Å². The first kappa shape index (κ1) is 22.8. The summed E-state index contributed by atoms with van der Waals surface area (Å²) in [6.07, 6.45) is 2.91. The maximum absolute atomic E-state index is 11.9. The molecule has 0 radical (unpaired) electrons. The van der Waals surface area contributed by atoms with Gasteiger partial charge >= 0.3 is 11.8 Å². The molecule has 0 fully saturated rings. The molecule has 164 valence electrons. The standard InChI is InChI=1S/C22H19BrN4O5/c23-16-5-7-17(8-6-16)26-21(29)22(30)27-25-12-15-3-9-18(10-4-15)32-14-20(28)24-13-19-2-1-11-31-19/h1-12H,13-14H2,(H,24,28)(H,26,29)(H,27,30)/b25-12-. The molecule has 1 aromatic heterocycles. The Morgan fingerprint density at radius 2 is 1.75 bits per heavy atom. The number of nitrogens with zero attached hydrogens (tertiary/aromatic N) is 1. The first-order chi connectivity index (χ1) is 15.5. The number of halogens is 1. The van der Waals surface area contributed by atoms with Gasteiger partial charge in [-0.2, -0.15) is 5.10 Å². The second-order valence-electron chi connectivity index (χ2n) is 6.37. The molecule has 32 heavy (non-hydrogen) atoms. The van der Waals surface area contributed by atoms with Gasteiger partial charge in [0.25, 0.3) is 5.91 Å². The second kappa shape index (κ2) is 11.5. The molecule has 10 heteroatoms. The molecule has 3 rings (SSSR count). The highest BCUT2D eigenvalue weighted by molar-refractivity contribution is 9.10.